The maximum atomic E-state index is 13.1. The first-order chi connectivity index (χ1) is 7.66. The number of imidazole rings is 1. The number of H-pyrrole nitrogens is 2. The Morgan fingerprint density at radius 2 is 2.12 bits per heavy atom. The second kappa shape index (κ2) is 4.18. The molecule has 1 aromatic carbocycles. The van der Waals surface area contributed by atoms with Gasteiger partial charge in [0.15, 0.2) is 11.6 Å². The first-order valence-corrected chi connectivity index (χ1v) is 4.50. The summed E-state index contributed by atoms with van der Waals surface area (Å²) in [4.78, 5) is 15.5. The average Bonchev–Trinajstić information content (AvgIpc) is 2.67. The standard InChI is InChI=1S/C10H8F2N2O2/c11-7-2-1-3-8(9(7)12)16-5-6-4-13-10(15)14-6/h1-4H,5H2,(H2,13,14,15). The highest BCUT2D eigenvalue weighted by molar-refractivity contribution is 5.25. The maximum Gasteiger partial charge on any atom is 0.323 e. The molecule has 84 valence electrons. The summed E-state index contributed by atoms with van der Waals surface area (Å²) in [6.45, 7) is -0.0425. The van der Waals surface area contributed by atoms with Crippen LogP contribution in [0.5, 0.6) is 5.75 Å². The van der Waals surface area contributed by atoms with Crippen molar-refractivity contribution in [1.29, 1.82) is 0 Å². The molecule has 0 saturated carbocycles. The van der Waals surface area contributed by atoms with Crippen LogP contribution in [-0.2, 0) is 6.61 Å². The summed E-state index contributed by atoms with van der Waals surface area (Å²) in [6.07, 6.45) is 1.40. The molecule has 0 unspecified atom stereocenters. The molecule has 2 N–H and O–H groups in total. The molecule has 2 aromatic rings. The molecule has 0 atom stereocenters. The van der Waals surface area contributed by atoms with Gasteiger partial charge in [-0.2, -0.15) is 4.39 Å². The fourth-order valence-electron chi connectivity index (χ4n) is 1.20. The van der Waals surface area contributed by atoms with Gasteiger partial charge in [-0.05, 0) is 12.1 Å². The van der Waals surface area contributed by atoms with Crippen LogP contribution in [0.3, 0.4) is 0 Å². The molecule has 0 bridgehead atoms. The van der Waals surface area contributed by atoms with E-state index in [4.69, 9.17) is 4.74 Å². The summed E-state index contributed by atoms with van der Waals surface area (Å²) >= 11 is 0. The Kier molecular flexibility index (Phi) is 2.72. The smallest absolute Gasteiger partial charge is 0.323 e. The van der Waals surface area contributed by atoms with E-state index in [1.54, 1.807) is 0 Å². The van der Waals surface area contributed by atoms with E-state index in [0.29, 0.717) is 5.69 Å². The highest BCUT2D eigenvalue weighted by Crippen LogP contribution is 2.19. The molecule has 2 rings (SSSR count). The number of hydrogen-bond donors (Lipinski definition) is 2. The van der Waals surface area contributed by atoms with E-state index in [9.17, 15) is 13.6 Å². The summed E-state index contributed by atoms with van der Waals surface area (Å²) in [6, 6.07) is 3.65. The largest absolute Gasteiger partial charge is 0.484 e. The van der Waals surface area contributed by atoms with Crippen LogP contribution < -0.4 is 10.4 Å². The third kappa shape index (κ3) is 2.10. The van der Waals surface area contributed by atoms with Gasteiger partial charge < -0.3 is 14.7 Å². The third-order valence-corrected chi connectivity index (χ3v) is 1.95. The molecule has 0 aliphatic rings. The molecule has 0 amide bonds. The van der Waals surface area contributed by atoms with Crippen molar-refractivity contribution < 1.29 is 13.5 Å². The van der Waals surface area contributed by atoms with Crippen LogP contribution in [0.25, 0.3) is 0 Å². The maximum absolute atomic E-state index is 13.1. The molecule has 0 aliphatic carbocycles. The van der Waals surface area contributed by atoms with Gasteiger partial charge >= 0.3 is 5.69 Å². The van der Waals surface area contributed by atoms with Crippen molar-refractivity contribution in [3.8, 4) is 5.75 Å². The Balaban J connectivity index is 2.10. The van der Waals surface area contributed by atoms with E-state index in [1.807, 2.05) is 0 Å². The van der Waals surface area contributed by atoms with Crippen LogP contribution in [0.2, 0.25) is 0 Å². The van der Waals surface area contributed by atoms with Crippen LogP contribution in [0.15, 0.2) is 29.2 Å². The van der Waals surface area contributed by atoms with Crippen molar-refractivity contribution in [2.45, 2.75) is 6.61 Å². The van der Waals surface area contributed by atoms with Crippen molar-refractivity contribution >= 4 is 0 Å². The van der Waals surface area contributed by atoms with Gasteiger partial charge in [0.05, 0.1) is 5.69 Å². The zero-order valence-electron chi connectivity index (χ0n) is 8.09. The molecule has 0 spiro atoms. The van der Waals surface area contributed by atoms with Crippen molar-refractivity contribution in [2.24, 2.45) is 0 Å². The fraction of sp³-hybridized carbons (Fsp3) is 0.100. The van der Waals surface area contributed by atoms with Gasteiger partial charge in [0.25, 0.3) is 0 Å². The zero-order chi connectivity index (χ0) is 11.5. The van der Waals surface area contributed by atoms with E-state index in [0.717, 1.165) is 6.07 Å². The minimum atomic E-state index is -1.04. The summed E-state index contributed by atoms with van der Waals surface area (Å²) in [7, 11) is 0. The lowest BCUT2D eigenvalue weighted by Crippen LogP contribution is -2.03. The summed E-state index contributed by atoms with van der Waals surface area (Å²) < 4.78 is 30.9. The van der Waals surface area contributed by atoms with Gasteiger partial charge in [-0.25, -0.2) is 9.18 Å². The number of nitrogens with one attached hydrogen (secondary N) is 2. The molecule has 0 radical (unpaired) electrons. The number of aromatic nitrogens is 2. The van der Waals surface area contributed by atoms with Crippen molar-refractivity contribution in [3.05, 3.63) is 52.2 Å². The van der Waals surface area contributed by atoms with E-state index >= 15 is 0 Å². The molecule has 0 fully saturated rings. The van der Waals surface area contributed by atoms with Gasteiger partial charge in [-0.15, -0.1) is 0 Å². The first-order valence-electron chi connectivity index (χ1n) is 4.50. The number of rotatable bonds is 3. The minimum absolute atomic E-state index is 0.0425. The normalized spacial score (nSPS) is 10.4. The second-order valence-electron chi connectivity index (χ2n) is 3.11. The topological polar surface area (TPSA) is 57.9 Å². The predicted octanol–water partition coefficient (Wildman–Crippen LogP) is 1.56. The summed E-state index contributed by atoms with van der Waals surface area (Å²) in [5, 5.41) is 0. The first kappa shape index (κ1) is 10.4. The van der Waals surface area contributed by atoms with E-state index in [1.165, 1.54) is 18.3 Å². The van der Waals surface area contributed by atoms with Gasteiger partial charge in [0.2, 0.25) is 5.82 Å². The Morgan fingerprint density at radius 3 is 2.81 bits per heavy atom. The number of halogens is 2. The van der Waals surface area contributed by atoms with E-state index in [-0.39, 0.29) is 18.0 Å². The molecular formula is C10H8F2N2O2. The predicted molar refractivity (Wildman–Crippen MR) is 52.1 cm³/mol. The van der Waals surface area contributed by atoms with E-state index in [2.05, 4.69) is 9.97 Å². The third-order valence-electron chi connectivity index (χ3n) is 1.95. The Morgan fingerprint density at radius 1 is 1.31 bits per heavy atom. The van der Waals surface area contributed by atoms with Crippen molar-refractivity contribution in [2.75, 3.05) is 0 Å². The van der Waals surface area contributed by atoms with Gasteiger partial charge in [-0.3, -0.25) is 0 Å². The monoisotopic (exact) mass is 226 g/mol. The van der Waals surface area contributed by atoms with Crippen LogP contribution in [0.1, 0.15) is 5.69 Å². The Labute approximate surface area is 88.9 Å². The zero-order valence-corrected chi connectivity index (χ0v) is 8.09. The highest BCUT2D eigenvalue weighted by atomic mass is 19.2. The molecule has 4 nitrogen and oxygen atoms in total. The molecule has 1 aromatic heterocycles. The minimum Gasteiger partial charge on any atom is -0.484 e. The van der Waals surface area contributed by atoms with Crippen LogP contribution in [0.4, 0.5) is 8.78 Å². The van der Waals surface area contributed by atoms with Crippen molar-refractivity contribution in [3.63, 3.8) is 0 Å². The number of aromatic amines is 2. The van der Waals surface area contributed by atoms with Crippen LogP contribution >= 0.6 is 0 Å². The molecule has 16 heavy (non-hydrogen) atoms. The second-order valence-corrected chi connectivity index (χ2v) is 3.11. The Bertz CT molecular complexity index is 548. The summed E-state index contributed by atoms with van der Waals surface area (Å²) in [5.74, 6) is -2.21. The Hall–Kier alpha value is -2.11. The molecule has 0 saturated heterocycles. The quantitative estimate of drug-likeness (QED) is 0.834. The molecule has 0 aliphatic heterocycles. The van der Waals surface area contributed by atoms with Gasteiger partial charge in [0.1, 0.15) is 6.61 Å². The summed E-state index contributed by atoms with van der Waals surface area (Å²) in [5.41, 5.74) is 0.0759. The van der Waals surface area contributed by atoms with E-state index < -0.39 is 11.6 Å². The fourth-order valence-corrected chi connectivity index (χ4v) is 1.20. The van der Waals surface area contributed by atoms with Crippen LogP contribution in [0, 0.1) is 11.6 Å². The lowest BCUT2D eigenvalue weighted by Gasteiger charge is -2.05. The number of hydrogen-bond acceptors (Lipinski definition) is 2. The molecule has 1 heterocycles. The number of ether oxygens (including phenoxy) is 1. The van der Waals surface area contributed by atoms with Crippen molar-refractivity contribution in [1.82, 2.24) is 9.97 Å². The lowest BCUT2D eigenvalue weighted by molar-refractivity contribution is 0.281. The highest BCUT2D eigenvalue weighted by Gasteiger charge is 2.08. The average molecular weight is 226 g/mol. The molecular weight excluding hydrogens is 218 g/mol. The lowest BCUT2D eigenvalue weighted by atomic mass is 10.3. The van der Waals surface area contributed by atoms with Crippen LogP contribution in [-0.4, -0.2) is 9.97 Å². The molecule has 6 heteroatoms. The number of benzene rings is 1. The van der Waals surface area contributed by atoms with Gasteiger partial charge in [0, 0.05) is 6.20 Å². The SMILES string of the molecule is O=c1[nH]cc(COc2cccc(F)c2F)[nH]1. The van der Waals surface area contributed by atoms with Gasteiger partial charge in [-0.1, -0.05) is 6.07 Å².